The lowest BCUT2D eigenvalue weighted by molar-refractivity contribution is -0.141. The number of hydrogen-bond donors (Lipinski definition) is 8. The van der Waals surface area contributed by atoms with E-state index in [1.807, 2.05) is 38.1 Å². The normalized spacial score (nSPS) is 14.2. The summed E-state index contributed by atoms with van der Waals surface area (Å²) in [5.74, 6) is -3.20. The van der Waals surface area contributed by atoms with E-state index in [9.17, 15) is 29.4 Å². The summed E-state index contributed by atoms with van der Waals surface area (Å²) >= 11 is 3.98. The van der Waals surface area contributed by atoms with E-state index in [-0.39, 0.29) is 36.7 Å². The summed E-state index contributed by atoms with van der Waals surface area (Å²) < 4.78 is 0. The standard InChI is InChI=1S/C29H37N5O6S/c1-16(2)11-23(27(37)34-25(15-41)29(39)40)33-28(38)24(12-17-7-9-19(35)10-8-17)32-26(36)21(30)13-18-14-31-22-6-4-3-5-20(18)22/h3-10,14,16,21,23-25,31,35,41H,11-13,15,30H2,1-2H3,(H,32,36)(H,33,38)(H,34,37)(H,39,40). The van der Waals surface area contributed by atoms with Gasteiger partial charge in [-0.15, -0.1) is 0 Å². The quantitative estimate of drug-likeness (QED) is 0.132. The molecule has 1 aromatic heterocycles. The molecule has 3 rings (SSSR count). The zero-order valence-electron chi connectivity index (χ0n) is 23.0. The van der Waals surface area contributed by atoms with Crippen LogP contribution in [-0.4, -0.2) is 68.8 Å². The Bertz CT molecular complexity index is 1360. The number of thiol groups is 1. The Balaban J connectivity index is 1.78. The van der Waals surface area contributed by atoms with Gasteiger partial charge in [0, 0.05) is 29.3 Å². The van der Waals surface area contributed by atoms with E-state index >= 15 is 0 Å². The Morgan fingerprint density at radius 1 is 0.878 bits per heavy atom. The van der Waals surface area contributed by atoms with Crippen molar-refractivity contribution >= 4 is 47.2 Å². The van der Waals surface area contributed by atoms with Gasteiger partial charge in [0.1, 0.15) is 23.9 Å². The molecular formula is C29H37N5O6S. The Morgan fingerprint density at radius 2 is 1.49 bits per heavy atom. The molecule has 12 heteroatoms. The first-order valence-electron chi connectivity index (χ1n) is 13.3. The maximum Gasteiger partial charge on any atom is 0.327 e. The molecule has 0 aliphatic heterocycles. The van der Waals surface area contributed by atoms with Crippen LogP contribution in [-0.2, 0) is 32.0 Å². The van der Waals surface area contributed by atoms with Gasteiger partial charge in [0.2, 0.25) is 17.7 Å². The molecular weight excluding hydrogens is 546 g/mol. The van der Waals surface area contributed by atoms with Crippen LogP contribution in [0.2, 0.25) is 0 Å². The summed E-state index contributed by atoms with van der Waals surface area (Å²) in [6.45, 7) is 3.72. The molecule has 220 valence electrons. The molecule has 1 heterocycles. The van der Waals surface area contributed by atoms with Crippen LogP contribution in [0.3, 0.4) is 0 Å². The van der Waals surface area contributed by atoms with Crippen molar-refractivity contribution in [3.8, 4) is 5.75 Å². The third kappa shape index (κ3) is 8.98. The maximum atomic E-state index is 13.5. The van der Waals surface area contributed by atoms with Gasteiger partial charge < -0.3 is 36.9 Å². The Kier molecular flexibility index (Phi) is 11.2. The third-order valence-electron chi connectivity index (χ3n) is 6.60. The molecule has 3 aromatic rings. The predicted molar refractivity (Wildman–Crippen MR) is 159 cm³/mol. The molecule has 0 saturated carbocycles. The van der Waals surface area contributed by atoms with E-state index < -0.39 is 47.9 Å². The van der Waals surface area contributed by atoms with Gasteiger partial charge in [-0.05, 0) is 48.1 Å². The second kappa shape index (κ2) is 14.6. The lowest BCUT2D eigenvalue weighted by atomic mass is 10.00. The smallest absolute Gasteiger partial charge is 0.327 e. The lowest BCUT2D eigenvalue weighted by Crippen LogP contribution is -2.58. The number of aromatic amines is 1. The minimum absolute atomic E-state index is 0.0138. The van der Waals surface area contributed by atoms with Crippen LogP contribution < -0.4 is 21.7 Å². The van der Waals surface area contributed by atoms with Gasteiger partial charge >= 0.3 is 5.97 Å². The number of phenols is 1. The van der Waals surface area contributed by atoms with Gasteiger partial charge in [-0.3, -0.25) is 14.4 Å². The summed E-state index contributed by atoms with van der Waals surface area (Å²) in [4.78, 5) is 54.2. The second-order valence-electron chi connectivity index (χ2n) is 10.4. The van der Waals surface area contributed by atoms with Crippen LogP contribution >= 0.6 is 12.6 Å². The number of para-hydroxylation sites is 1. The summed E-state index contributed by atoms with van der Waals surface area (Å²) in [7, 11) is 0. The number of carboxylic acid groups (broad SMARTS) is 1. The van der Waals surface area contributed by atoms with Crippen molar-refractivity contribution in [2.45, 2.75) is 57.3 Å². The number of nitrogens with two attached hydrogens (primary N) is 1. The molecule has 0 bridgehead atoms. The molecule has 0 aliphatic carbocycles. The van der Waals surface area contributed by atoms with Crippen LogP contribution in [0.5, 0.6) is 5.75 Å². The predicted octanol–water partition coefficient (Wildman–Crippen LogP) is 1.50. The lowest BCUT2D eigenvalue weighted by Gasteiger charge is -2.26. The summed E-state index contributed by atoms with van der Waals surface area (Å²) in [6.07, 6.45) is 2.31. The van der Waals surface area contributed by atoms with Crippen LogP contribution in [0.1, 0.15) is 31.4 Å². The number of benzene rings is 2. The average Bonchev–Trinajstić information content (AvgIpc) is 3.34. The number of aliphatic carboxylic acids is 1. The summed E-state index contributed by atoms with van der Waals surface area (Å²) in [5, 5.41) is 27.7. The molecule has 0 aliphatic rings. The number of aromatic hydroxyl groups is 1. The Labute approximate surface area is 243 Å². The van der Waals surface area contributed by atoms with Gasteiger partial charge in [-0.2, -0.15) is 12.6 Å². The van der Waals surface area contributed by atoms with Crippen LogP contribution in [0.25, 0.3) is 10.9 Å². The molecule has 0 spiro atoms. The Hall–Kier alpha value is -4.03. The van der Waals surface area contributed by atoms with Crippen molar-refractivity contribution in [3.05, 3.63) is 65.9 Å². The van der Waals surface area contributed by atoms with Crippen LogP contribution in [0.15, 0.2) is 54.7 Å². The topological polar surface area (TPSA) is 187 Å². The number of hydrogen-bond acceptors (Lipinski definition) is 7. The molecule has 4 atom stereocenters. The zero-order valence-corrected chi connectivity index (χ0v) is 23.9. The van der Waals surface area contributed by atoms with Crippen molar-refractivity contribution in [2.75, 3.05) is 5.75 Å². The van der Waals surface area contributed by atoms with Crippen molar-refractivity contribution in [1.82, 2.24) is 20.9 Å². The van der Waals surface area contributed by atoms with E-state index in [4.69, 9.17) is 5.73 Å². The number of carbonyl (C=O) groups is 4. The zero-order chi connectivity index (χ0) is 30.1. The number of nitrogens with one attached hydrogen (secondary N) is 4. The van der Waals surface area contributed by atoms with E-state index in [0.717, 1.165) is 16.5 Å². The largest absolute Gasteiger partial charge is 0.508 e. The van der Waals surface area contributed by atoms with Crippen molar-refractivity contribution < 1.29 is 29.4 Å². The maximum absolute atomic E-state index is 13.5. The first-order chi connectivity index (χ1) is 19.5. The first kappa shape index (κ1) is 31.5. The molecule has 0 radical (unpaired) electrons. The SMILES string of the molecule is CC(C)CC(NC(=O)C(Cc1ccc(O)cc1)NC(=O)C(N)Cc1c[nH]c2ccccc12)C(=O)NC(CS)C(=O)O. The Morgan fingerprint density at radius 3 is 2.12 bits per heavy atom. The summed E-state index contributed by atoms with van der Waals surface area (Å²) in [6, 6.07) is 9.45. The van der Waals surface area contributed by atoms with Gasteiger partial charge in [-0.1, -0.05) is 44.2 Å². The highest BCUT2D eigenvalue weighted by Gasteiger charge is 2.31. The monoisotopic (exact) mass is 583 g/mol. The number of H-pyrrole nitrogens is 1. The van der Waals surface area contributed by atoms with Crippen molar-refractivity contribution in [2.24, 2.45) is 11.7 Å². The molecule has 0 saturated heterocycles. The molecule has 8 N–H and O–H groups in total. The number of aromatic nitrogens is 1. The summed E-state index contributed by atoms with van der Waals surface area (Å²) in [5.41, 5.74) is 8.68. The minimum Gasteiger partial charge on any atom is -0.508 e. The third-order valence-corrected chi connectivity index (χ3v) is 6.96. The molecule has 4 unspecified atom stereocenters. The average molecular weight is 584 g/mol. The number of carbonyl (C=O) groups excluding carboxylic acids is 3. The van der Waals surface area contributed by atoms with Crippen molar-refractivity contribution in [3.63, 3.8) is 0 Å². The number of phenolic OH excluding ortho intramolecular Hbond substituents is 1. The highest BCUT2D eigenvalue weighted by molar-refractivity contribution is 7.80. The van der Waals surface area contributed by atoms with Crippen molar-refractivity contribution in [1.29, 1.82) is 0 Å². The highest BCUT2D eigenvalue weighted by Crippen LogP contribution is 2.19. The van der Waals surface area contributed by atoms with Gasteiger partial charge in [0.15, 0.2) is 0 Å². The fraction of sp³-hybridized carbons (Fsp3) is 0.379. The van der Waals surface area contributed by atoms with Crippen LogP contribution in [0, 0.1) is 5.92 Å². The first-order valence-corrected chi connectivity index (χ1v) is 13.9. The molecule has 3 amide bonds. The van der Waals surface area contributed by atoms with E-state index in [2.05, 4.69) is 33.6 Å². The van der Waals surface area contributed by atoms with Crippen LogP contribution in [0.4, 0.5) is 0 Å². The van der Waals surface area contributed by atoms with E-state index in [0.29, 0.717) is 5.56 Å². The van der Waals surface area contributed by atoms with Gasteiger partial charge in [0.05, 0.1) is 6.04 Å². The number of fused-ring (bicyclic) bond motifs is 1. The molecule has 0 fully saturated rings. The number of rotatable bonds is 14. The van der Waals surface area contributed by atoms with E-state index in [1.165, 1.54) is 12.1 Å². The van der Waals surface area contributed by atoms with Gasteiger partial charge in [-0.25, -0.2) is 4.79 Å². The molecule has 11 nitrogen and oxygen atoms in total. The fourth-order valence-electron chi connectivity index (χ4n) is 4.42. The fourth-order valence-corrected chi connectivity index (χ4v) is 4.67. The molecule has 41 heavy (non-hydrogen) atoms. The molecule has 2 aromatic carbocycles. The second-order valence-corrected chi connectivity index (χ2v) is 10.7. The minimum atomic E-state index is -1.25. The van der Waals surface area contributed by atoms with E-state index in [1.54, 1.807) is 18.3 Å². The van der Waals surface area contributed by atoms with Gasteiger partial charge in [0.25, 0.3) is 0 Å². The number of carboxylic acids is 1. The highest BCUT2D eigenvalue weighted by atomic mass is 32.1. The number of amides is 3.